The van der Waals surface area contributed by atoms with Crippen molar-refractivity contribution in [1.82, 2.24) is 57.7 Å². The first-order valence-electron chi connectivity index (χ1n) is 35.2. The van der Waals surface area contributed by atoms with E-state index in [2.05, 4.69) is 57.7 Å². The Labute approximate surface area is 619 Å². The van der Waals surface area contributed by atoms with Crippen LogP contribution in [0.25, 0.3) is 10.8 Å². The van der Waals surface area contributed by atoms with Crippen molar-refractivity contribution in [3.05, 3.63) is 154 Å². The Morgan fingerprint density at radius 3 is 1.56 bits per heavy atom. The van der Waals surface area contributed by atoms with E-state index in [1.54, 1.807) is 86.6 Å². The molecule has 0 unspecified atom stereocenters. The number of nitrogens with one attached hydrogen (secondary N) is 9. The van der Waals surface area contributed by atoms with Crippen molar-refractivity contribution >= 4 is 99.4 Å². The van der Waals surface area contributed by atoms with Gasteiger partial charge in [0.05, 0.1) is 19.8 Å². The van der Waals surface area contributed by atoms with E-state index < -0.39 is 151 Å². The molecule has 5 aromatic carbocycles. The topological polar surface area (TPSA) is 486 Å². The number of carboxylic acid groups (broad SMARTS) is 1. The molecule has 0 radical (unpaired) electrons. The van der Waals surface area contributed by atoms with Crippen LogP contribution in [-0.2, 0) is 89.7 Å². The van der Waals surface area contributed by atoms with Gasteiger partial charge in [-0.2, -0.15) is 0 Å². The second-order valence-electron chi connectivity index (χ2n) is 26.8. The zero-order chi connectivity index (χ0) is 77.0. The molecular weight excluding hydrogens is 1390 g/mol. The van der Waals surface area contributed by atoms with Gasteiger partial charge >= 0.3 is 12.0 Å². The summed E-state index contributed by atoms with van der Waals surface area (Å²) in [4.78, 5) is 175. The predicted octanol–water partition coefficient (Wildman–Crippen LogP) is -0.0357. The normalized spacial score (nSPS) is 16.2. The van der Waals surface area contributed by atoms with E-state index in [1.165, 1.54) is 11.8 Å². The number of aliphatic carboxylic acids is 1. The number of guanidine groups is 1. The molecule has 0 bridgehead atoms. The van der Waals surface area contributed by atoms with Gasteiger partial charge in [-0.05, 0) is 102 Å². The van der Waals surface area contributed by atoms with Gasteiger partial charge in [0.25, 0.3) is 0 Å². The molecule has 2 aliphatic rings. The fraction of sp³-hybridized carbons (Fsp3) is 0.446. The summed E-state index contributed by atoms with van der Waals surface area (Å²) in [6, 6.07) is 19.6. The number of carboxylic acids is 1. The number of ether oxygens (including phenoxy) is 1. The molecule has 2 aliphatic heterocycles. The minimum absolute atomic E-state index is 0.0188. The summed E-state index contributed by atoms with van der Waals surface area (Å²) >= 11 is 6.22. The second-order valence-corrected chi connectivity index (χ2v) is 27.3. The van der Waals surface area contributed by atoms with E-state index >= 15 is 4.79 Å². The third-order valence-corrected chi connectivity index (χ3v) is 18.3. The first kappa shape index (κ1) is 82.5. The first-order chi connectivity index (χ1) is 50.6. The Morgan fingerprint density at radius 1 is 0.528 bits per heavy atom. The van der Waals surface area contributed by atoms with Crippen LogP contribution in [0.2, 0.25) is 5.02 Å². The molecule has 106 heavy (non-hydrogen) atoms. The number of benzene rings is 5. The molecule has 570 valence electrons. The van der Waals surface area contributed by atoms with E-state index in [4.69, 9.17) is 39.3 Å². The summed E-state index contributed by atoms with van der Waals surface area (Å²) in [7, 11) is 0. The van der Waals surface area contributed by atoms with Crippen LogP contribution in [0.1, 0.15) is 93.5 Å². The van der Waals surface area contributed by atoms with Crippen LogP contribution in [0.15, 0.2) is 126 Å². The Balaban J connectivity index is 1.14. The average Bonchev–Trinajstić information content (AvgIpc) is 1.51. The summed E-state index contributed by atoms with van der Waals surface area (Å²) in [5.41, 5.74) is 25.3. The Morgan fingerprint density at radius 2 is 1.00 bits per heavy atom. The number of hydrogen-bond acceptors (Lipinski definition) is 16. The third-order valence-electron chi connectivity index (χ3n) is 18.0. The van der Waals surface area contributed by atoms with Gasteiger partial charge < -0.3 is 90.6 Å². The zero-order valence-electron chi connectivity index (χ0n) is 59.6. The van der Waals surface area contributed by atoms with Crippen molar-refractivity contribution in [3.63, 3.8) is 0 Å². The molecule has 19 N–H and O–H groups in total. The van der Waals surface area contributed by atoms with Gasteiger partial charge in [-0.25, -0.2) is 4.79 Å². The molecule has 2 saturated heterocycles. The minimum atomic E-state index is -1.89. The quantitative estimate of drug-likeness (QED) is 0.0139. The maximum absolute atomic E-state index is 15.0. The van der Waals surface area contributed by atoms with Gasteiger partial charge in [0.2, 0.25) is 59.1 Å². The van der Waals surface area contributed by atoms with Crippen molar-refractivity contribution in [3.8, 4) is 0 Å². The largest absolute Gasteiger partial charge is 0.481 e. The zero-order valence-corrected chi connectivity index (χ0v) is 60.3. The Kier molecular flexibility index (Phi) is 32.0. The molecule has 12 amide bonds. The maximum Gasteiger partial charge on any atom is 0.312 e. The second kappa shape index (κ2) is 41.1. The van der Waals surface area contributed by atoms with Crippen LogP contribution in [0, 0.1) is 5.92 Å². The number of urea groups is 1. The number of hydrogen-bond donors (Lipinski definition) is 15. The number of rotatable bonds is 39. The van der Waals surface area contributed by atoms with Gasteiger partial charge in [0.15, 0.2) is 5.96 Å². The number of likely N-dealkylation sites (tertiary alicyclic amines) is 1. The molecule has 31 nitrogen and oxygen atoms in total. The number of carbonyl (C=O) groups is 12. The molecular formula is C74H97ClN16O15. The molecule has 0 saturated carbocycles. The summed E-state index contributed by atoms with van der Waals surface area (Å²) in [6.45, 7) is 7.11. The number of aliphatic imine (C=N–C) groups is 1. The van der Waals surface area contributed by atoms with E-state index in [9.17, 15) is 63.0 Å². The number of nitrogens with zero attached hydrogens (tertiary/aromatic N) is 3. The highest BCUT2D eigenvalue weighted by Gasteiger charge is 2.40. The number of nitrogens with two attached hydrogens (primary N) is 4. The standard InChI is InChI=1S/C74H97ClN16O15/c1-43(2)35-55(65(97)83-54(15-9-29-80-73(77)78)72(104)91-30-10-16-61(91)71(103)81-44(3)63(76)95)84-66(98)57(38-46-17-19-48(20-18-46)41-90-31-33-106-34-32-90)85-64(96)53(27-28-62(93)94)82-70(102)60(42-92)88-68(100)56(37-45-11-5-4-6-12-45)86-67(99)58(39-47-22-25-52(75)26-23-47)87-69(101)59(89-74(79)105)40-49-21-24-50-13-7-8-14-51(50)36-49/h4-8,11-14,17-26,36,43-44,53-61,92H,9-10,15-16,27-35,37-42H2,1-3H3,(H2,76,95)(H,81,103)(H,82,102)(H,83,97)(H,84,98)(H,85,96)(H,86,99)(H,87,101)(H,88,100)(H,93,94)(H4,77,78,80)(H3,79,89,105)/t44-,53+,54+,55+,56-,57-,58-,59-,60+,61+/m1/s1. The van der Waals surface area contributed by atoms with Crippen molar-refractivity contribution < 1.29 is 72.5 Å². The van der Waals surface area contributed by atoms with Crippen molar-refractivity contribution in [2.75, 3.05) is 46.0 Å². The highest BCUT2D eigenvalue weighted by atomic mass is 35.5. The van der Waals surface area contributed by atoms with Crippen molar-refractivity contribution in [1.29, 1.82) is 0 Å². The lowest BCUT2D eigenvalue weighted by Gasteiger charge is -2.31. The fourth-order valence-electron chi connectivity index (χ4n) is 12.3. The summed E-state index contributed by atoms with van der Waals surface area (Å²) in [6.07, 6.45) is -1.27. The predicted molar refractivity (Wildman–Crippen MR) is 394 cm³/mol. The van der Waals surface area contributed by atoms with Crippen LogP contribution in [0.4, 0.5) is 4.79 Å². The molecule has 0 aromatic heterocycles. The van der Waals surface area contributed by atoms with Gasteiger partial charge in [-0.15, -0.1) is 0 Å². The smallest absolute Gasteiger partial charge is 0.312 e. The van der Waals surface area contributed by atoms with E-state index in [0.29, 0.717) is 66.5 Å². The summed E-state index contributed by atoms with van der Waals surface area (Å²) in [5.74, 6) is -10.8. The Hall–Kier alpha value is -10.8. The van der Waals surface area contributed by atoms with Gasteiger partial charge in [0, 0.05) is 69.9 Å². The van der Waals surface area contributed by atoms with Gasteiger partial charge in [0.1, 0.15) is 60.4 Å². The van der Waals surface area contributed by atoms with Gasteiger partial charge in [-0.3, -0.25) is 62.6 Å². The monoisotopic (exact) mass is 1480 g/mol. The van der Waals surface area contributed by atoms with Crippen molar-refractivity contribution in [2.45, 2.75) is 158 Å². The summed E-state index contributed by atoms with van der Waals surface area (Å²) < 4.78 is 5.51. The number of carbonyl (C=O) groups excluding carboxylic acids is 11. The van der Waals surface area contributed by atoms with E-state index in [0.717, 1.165) is 16.3 Å². The lowest BCUT2D eigenvalue weighted by Crippen LogP contribution is -2.61. The lowest BCUT2D eigenvalue weighted by atomic mass is 9.99. The molecule has 5 aromatic rings. The molecule has 7 rings (SSSR count). The minimum Gasteiger partial charge on any atom is -0.481 e. The van der Waals surface area contributed by atoms with Crippen LogP contribution in [-0.4, -0.2) is 203 Å². The molecule has 2 heterocycles. The molecule has 32 heteroatoms. The molecule has 10 atom stereocenters. The van der Waals surface area contributed by atoms with Crippen LogP contribution in [0.5, 0.6) is 0 Å². The number of aliphatic hydroxyl groups is 1. The lowest BCUT2D eigenvalue weighted by molar-refractivity contribution is -0.142. The van der Waals surface area contributed by atoms with Crippen LogP contribution >= 0.6 is 11.6 Å². The van der Waals surface area contributed by atoms with Crippen LogP contribution < -0.4 is 70.8 Å². The number of halogens is 1. The SMILES string of the molecule is CC(C)C[C@H](NC(=O)[C@@H](Cc1ccc(CN2CCOCC2)cc1)NC(=O)[C@H](CCC(=O)O)NC(=O)[C@H](CO)NC(=O)[C@@H](Cc1ccccc1)NC(=O)[C@@H](Cc1ccc(Cl)cc1)NC(=O)[C@@H](Cc1ccc2ccccc2c1)NC(N)=O)C(=O)N[C@@H](CCCN=C(N)N)C(=O)N1CCC[C@H]1C(=O)N[C@H](C)C(N)=O. The van der Waals surface area contributed by atoms with E-state index in [-0.39, 0.29) is 76.3 Å². The van der Waals surface area contributed by atoms with Crippen molar-refractivity contribution in [2.24, 2.45) is 33.8 Å². The average molecular weight is 1490 g/mol. The van der Waals surface area contributed by atoms with E-state index in [1.807, 2.05) is 48.5 Å². The highest BCUT2D eigenvalue weighted by Crippen LogP contribution is 2.23. The first-order valence-corrected chi connectivity index (χ1v) is 35.6. The summed E-state index contributed by atoms with van der Waals surface area (Å²) in [5, 5.41) is 46.5. The molecule has 0 spiro atoms. The van der Waals surface area contributed by atoms with Crippen LogP contribution in [0.3, 0.4) is 0 Å². The Bertz CT molecular complexity index is 3900. The maximum atomic E-state index is 15.0. The molecule has 2 fully saturated rings. The number of primary amides is 2. The number of aliphatic hydroxyl groups excluding tert-OH is 1. The highest BCUT2D eigenvalue weighted by molar-refractivity contribution is 6.30. The number of fused-ring (bicyclic) bond motifs is 1. The number of amides is 12. The third kappa shape index (κ3) is 26.4. The fourth-order valence-corrected chi connectivity index (χ4v) is 12.5. The number of morpholine rings is 1. The molecule has 0 aliphatic carbocycles. The van der Waals surface area contributed by atoms with Gasteiger partial charge in [-0.1, -0.05) is 135 Å².